The fraction of sp³-hybridized carbons (Fsp3) is 0.875. The summed E-state index contributed by atoms with van der Waals surface area (Å²) in [7, 11) is -3.05. The quantitative estimate of drug-likeness (QED) is 0.193. The molecule has 0 spiro atoms. The van der Waals surface area contributed by atoms with Crippen molar-refractivity contribution in [2.45, 2.75) is 89.6 Å². The number of hydrogen-bond donors (Lipinski definition) is 0. The summed E-state index contributed by atoms with van der Waals surface area (Å²) < 4.78 is 0. The molecule has 0 rings (SSSR count). The highest BCUT2D eigenvalue weighted by molar-refractivity contribution is 7.21. The average Bonchev–Trinajstić information content (AvgIpc) is 2.36. The minimum absolute atomic E-state index is 1.13. The highest BCUT2D eigenvalue weighted by Gasteiger charge is 2.29. The van der Waals surface area contributed by atoms with Crippen molar-refractivity contribution in [3.63, 3.8) is 0 Å². The maximum atomic E-state index is 6.88. The third-order valence-electron chi connectivity index (χ3n) is 3.93. The largest absolute Gasteiger partial charge is 0.167 e. The molecule has 0 nitrogen and oxygen atoms in total. The standard InChI is InChI=1S/C16H34Cl2Si2/c1-5-11-19(17,12-6-2)15-9-10-16-20(18,13-7-3)14-8-4/h9-10H,5-8,11-16H2,1-4H3. The normalized spacial score (nSPS) is 13.3. The van der Waals surface area contributed by atoms with Crippen molar-refractivity contribution in [1.29, 1.82) is 0 Å². The Labute approximate surface area is 138 Å². The van der Waals surface area contributed by atoms with E-state index >= 15 is 0 Å². The van der Waals surface area contributed by atoms with Gasteiger partial charge in [-0.3, -0.25) is 0 Å². The van der Waals surface area contributed by atoms with Gasteiger partial charge in [0, 0.05) is 0 Å². The maximum absolute atomic E-state index is 6.88. The van der Waals surface area contributed by atoms with E-state index in [1.54, 1.807) is 0 Å². The molecule has 0 aliphatic rings. The molecular weight excluding hydrogens is 319 g/mol. The molecule has 0 fully saturated rings. The molecule has 0 aliphatic heterocycles. The zero-order valence-electron chi connectivity index (χ0n) is 14.0. The molecule has 20 heavy (non-hydrogen) atoms. The molecule has 4 heteroatoms. The molecule has 0 radical (unpaired) electrons. The van der Waals surface area contributed by atoms with Crippen molar-refractivity contribution < 1.29 is 0 Å². The minimum Gasteiger partial charge on any atom is -0.167 e. The third-order valence-corrected chi connectivity index (χ3v) is 14.6. The fourth-order valence-electron chi connectivity index (χ4n) is 3.04. The van der Waals surface area contributed by atoms with Crippen LogP contribution in [-0.4, -0.2) is 14.8 Å². The first-order valence-electron chi connectivity index (χ1n) is 8.48. The second-order valence-corrected chi connectivity index (χ2v) is 18.4. The Morgan fingerprint density at radius 3 is 1.05 bits per heavy atom. The van der Waals surface area contributed by atoms with Crippen molar-refractivity contribution in [2.75, 3.05) is 0 Å². The summed E-state index contributed by atoms with van der Waals surface area (Å²) in [6.07, 6.45) is 9.62. The lowest BCUT2D eigenvalue weighted by molar-refractivity contribution is 0.987. The Balaban J connectivity index is 4.39. The average molecular weight is 354 g/mol. The van der Waals surface area contributed by atoms with E-state index in [4.69, 9.17) is 22.2 Å². The predicted octanol–water partition coefficient (Wildman–Crippen LogP) is 7.55. The van der Waals surface area contributed by atoms with E-state index in [9.17, 15) is 0 Å². The van der Waals surface area contributed by atoms with Gasteiger partial charge in [-0.05, 0) is 36.3 Å². The second kappa shape index (κ2) is 11.3. The van der Waals surface area contributed by atoms with Gasteiger partial charge in [0.05, 0.1) is 0 Å². The van der Waals surface area contributed by atoms with Gasteiger partial charge in [0.15, 0.2) is 14.8 Å². The van der Waals surface area contributed by atoms with Crippen molar-refractivity contribution in [1.82, 2.24) is 0 Å². The van der Waals surface area contributed by atoms with Crippen LogP contribution in [0.5, 0.6) is 0 Å². The molecule has 0 saturated carbocycles. The van der Waals surface area contributed by atoms with E-state index in [1.807, 2.05) is 0 Å². The van der Waals surface area contributed by atoms with Gasteiger partial charge in [-0.2, -0.15) is 22.2 Å². The van der Waals surface area contributed by atoms with Crippen molar-refractivity contribution in [3.05, 3.63) is 12.2 Å². The Morgan fingerprint density at radius 2 is 0.850 bits per heavy atom. The molecule has 120 valence electrons. The van der Waals surface area contributed by atoms with Gasteiger partial charge >= 0.3 is 0 Å². The summed E-state index contributed by atoms with van der Waals surface area (Å²) in [4.78, 5) is 0. The van der Waals surface area contributed by atoms with Gasteiger partial charge < -0.3 is 0 Å². The lowest BCUT2D eigenvalue weighted by atomic mass is 10.5. The summed E-state index contributed by atoms with van der Waals surface area (Å²) in [5, 5.41) is 0. The lowest BCUT2D eigenvalue weighted by Crippen LogP contribution is -2.26. The van der Waals surface area contributed by atoms with Crippen LogP contribution in [0.4, 0.5) is 0 Å². The zero-order chi connectivity index (χ0) is 15.5. The molecule has 0 aromatic carbocycles. The lowest BCUT2D eigenvalue weighted by Gasteiger charge is -2.23. The zero-order valence-corrected chi connectivity index (χ0v) is 17.5. The van der Waals surface area contributed by atoms with Crippen LogP contribution in [0.3, 0.4) is 0 Å². The molecule has 0 amide bonds. The summed E-state index contributed by atoms with van der Waals surface area (Å²) in [5.41, 5.74) is 0. The third kappa shape index (κ3) is 8.91. The second-order valence-electron chi connectivity index (χ2n) is 6.18. The van der Waals surface area contributed by atoms with Crippen molar-refractivity contribution in [2.24, 2.45) is 0 Å². The summed E-state index contributed by atoms with van der Waals surface area (Å²) >= 11 is 13.8. The summed E-state index contributed by atoms with van der Waals surface area (Å²) in [6.45, 7) is 9.01. The number of rotatable bonds is 12. The Kier molecular flexibility index (Phi) is 11.8. The van der Waals surface area contributed by atoms with Gasteiger partial charge in [-0.1, -0.05) is 65.5 Å². The highest BCUT2D eigenvalue weighted by Crippen LogP contribution is 2.31. The van der Waals surface area contributed by atoms with Crippen LogP contribution in [0.2, 0.25) is 36.3 Å². The SMILES string of the molecule is CCC[Si](Cl)(CC=CC[Si](Cl)(CCC)CCC)CCC. The van der Waals surface area contributed by atoms with Crippen LogP contribution in [0.1, 0.15) is 53.4 Å². The first kappa shape index (κ1) is 20.8. The van der Waals surface area contributed by atoms with Gasteiger partial charge in [0.1, 0.15) is 0 Å². The molecular formula is C16H34Cl2Si2. The topological polar surface area (TPSA) is 0 Å². The Hall–Kier alpha value is 0.754. The van der Waals surface area contributed by atoms with E-state index in [-0.39, 0.29) is 0 Å². The molecule has 0 unspecified atom stereocenters. The molecule has 0 heterocycles. The van der Waals surface area contributed by atoms with Gasteiger partial charge in [0.25, 0.3) is 0 Å². The minimum atomic E-state index is -1.52. The van der Waals surface area contributed by atoms with E-state index in [0.29, 0.717) is 0 Å². The van der Waals surface area contributed by atoms with Crippen LogP contribution < -0.4 is 0 Å². The maximum Gasteiger partial charge on any atom is 0.160 e. The Bertz CT molecular complexity index is 229. The number of allylic oxidation sites excluding steroid dienone is 2. The first-order chi connectivity index (χ1) is 9.45. The van der Waals surface area contributed by atoms with Crippen LogP contribution >= 0.6 is 22.2 Å². The Morgan fingerprint density at radius 1 is 0.600 bits per heavy atom. The summed E-state index contributed by atoms with van der Waals surface area (Å²) in [5.74, 6) is 0. The van der Waals surface area contributed by atoms with Crippen LogP contribution in [-0.2, 0) is 0 Å². The fourth-order valence-corrected chi connectivity index (χ4v) is 11.9. The van der Waals surface area contributed by atoms with Gasteiger partial charge in [-0.25, -0.2) is 0 Å². The molecule has 0 atom stereocenters. The van der Waals surface area contributed by atoms with E-state index in [0.717, 1.165) is 12.1 Å². The van der Waals surface area contributed by atoms with Crippen LogP contribution in [0, 0.1) is 0 Å². The van der Waals surface area contributed by atoms with Crippen molar-refractivity contribution >= 4 is 36.9 Å². The molecule has 0 N–H and O–H groups in total. The van der Waals surface area contributed by atoms with E-state index < -0.39 is 14.8 Å². The summed E-state index contributed by atoms with van der Waals surface area (Å²) in [6, 6.07) is 7.27. The van der Waals surface area contributed by atoms with Crippen LogP contribution in [0.25, 0.3) is 0 Å². The molecule has 0 aromatic heterocycles. The molecule has 0 aromatic rings. The van der Waals surface area contributed by atoms with Crippen molar-refractivity contribution in [3.8, 4) is 0 Å². The highest BCUT2D eigenvalue weighted by atomic mass is 35.6. The van der Waals surface area contributed by atoms with Crippen LogP contribution in [0.15, 0.2) is 12.2 Å². The number of hydrogen-bond acceptors (Lipinski definition) is 0. The van der Waals surface area contributed by atoms with E-state index in [2.05, 4.69) is 39.8 Å². The van der Waals surface area contributed by atoms with Gasteiger partial charge in [-0.15, -0.1) is 0 Å². The van der Waals surface area contributed by atoms with E-state index in [1.165, 1.54) is 49.9 Å². The molecule has 0 saturated heterocycles. The van der Waals surface area contributed by atoms with Gasteiger partial charge in [0.2, 0.25) is 0 Å². The number of halogens is 2. The predicted molar refractivity (Wildman–Crippen MR) is 102 cm³/mol. The molecule has 0 aliphatic carbocycles. The smallest absolute Gasteiger partial charge is 0.160 e. The first-order valence-corrected chi connectivity index (χ1v) is 15.7. The monoisotopic (exact) mass is 352 g/mol. The molecule has 0 bridgehead atoms.